The lowest BCUT2D eigenvalue weighted by Gasteiger charge is -2.10. The average molecular weight is 470 g/mol. The number of anilines is 1. The number of aromatic nitrogens is 1. The van der Waals surface area contributed by atoms with Crippen LogP contribution >= 0.6 is 23.1 Å². The summed E-state index contributed by atoms with van der Waals surface area (Å²) in [6, 6.07) is 16.7. The molecule has 0 aliphatic carbocycles. The molecule has 0 radical (unpaired) electrons. The maximum Gasteiger partial charge on any atom is 0.262 e. The molecule has 2 amide bonds. The maximum atomic E-state index is 12.6. The van der Waals surface area contributed by atoms with E-state index in [4.69, 9.17) is 9.47 Å². The van der Waals surface area contributed by atoms with Gasteiger partial charge in [-0.05, 0) is 12.1 Å². The molecule has 0 aliphatic heterocycles. The number of rotatable bonds is 11. The molecule has 0 fully saturated rings. The number of methoxy groups -OCH3 is 1. The summed E-state index contributed by atoms with van der Waals surface area (Å²) < 4.78 is 11.5. The van der Waals surface area contributed by atoms with Crippen molar-refractivity contribution in [3.8, 4) is 22.8 Å². The van der Waals surface area contributed by atoms with E-state index >= 15 is 0 Å². The molecule has 32 heavy (non-hydrogen) atoms. The summed E-state index contributed by atoms with van der Waals surface area (Å²) >= 11 is 2.63. The lowest BCUT2D eigenvalue weighted by molar-refractivity contribution is -0.119. The fraction of sp³-hybridized carbons (Fsp3) is 0.174. The molecule has 0 aliphatic rings. The highest BCUT2D eigenvalue weighted by atomic mass is 32.2. The number of amides is 2. The predicted octanol–water partition coefficient (Wildman–Crippen LogP) is 4.23. The number of para-hydroxylation sites is 2. The molecule has 0 saturated carbocycles. The number of thiazole rings is 1. The van der Waals surface area contributed by atoms with Crippen molar-refractivity contribution in [1.82, 2.24) is 10.3 Å². The number of ether oxygens (including phenoxy) is 2. The van der Waals surface area contributed by atoms with Crippen LogP contribution in [0.3, 0.4) is 0 Å². The molecular formula is C23H23N3O4S2. The third-order valence-electron chi connectivity index (χ3n) is 4.11. The van der Waals surface area contributed by atoms with Gasteiger partial charge in [-0.3, -0.25) is 9.59 Å². The molecule has 3 aromatic rings. The summed E-state index contributed by atoms with van der Waals surface area (Å²) in [5.74, 6) is 0.829. The first-order valence-corrected chi connectivity index (χ1v) is 11.5. The Hall–Kier alpha value is -3.30. The minimum Gasteiger partial charge on any atom is -0.493 e. The number of hydrogen-bond acceptors (Lipinski definition) is 7. The number of nitrogens with zero attached hydrogens (tertiary/aromatic N) is 1. The Kier molecular flexibility index (Phi) is 8.70. The summed E-state index contributed by atoms with van der Waals surface area (Å²) in [4.78, 5) is 29.1. The van der Waals surface area contributed by atoms with Gasteiger partial charge >= 0.3 is 0 Å². The molecule has 2 N–H and O–H groups in total. The van der Waals surface area contributed by atoms with Crippen LogP contribution in [-0.2, 0) is 9.59 Å². The minimum absolute atomic E-state index is 0.109. The van der Waals surface area contributed by atoms with E-state index in [0.717, 1.165) is 5.56 Å². The monoisotopic (exact) mass is 469 g/mol. The van der Waals surface area contributed by atoms with Crippen molar-refractivity contribution in [2.75, 3.05) is 31.3 Å². The van der Waals surface area contributed by atoms with Gasteiger partial charge in [-0.1, -0.05) is 71.6 Å². The Morgan fingerprint density at radius 3 is 2.53 bits per heavy atom. The molecule has 166 valence electrons. The van der Waals surface area contributed by atoms with Gasteiger partial charge in [-0.15, -0.1) is 6.58 Å². The van der Waals surface area contributed by atoms with E-state index in [1.807, 2.05) is 36.4 Å². The Morgan fingerprint density at radius 2 is 1.81 bits per heavy atom. The van der Waals surface area contributed by atoms with Gasteiger partial charge in [-0.2, -0.15) is 0 Å². The number of hydrogen-bond donors (Lipinski definition) is 2. The largest absolute Gasteiger partial charge is 0.493 e. The number of benzene rings is 2. The second-order valence-corrected chi connectivity index (χ2v) is 8.61. The summed E-state index contributed by atoms with van der Waals surface area (Å²) in [6.45, 7) is 3.82. The summed E-state index contributed by atoms with van der Waals surface area (Å²) in [7, 11) is 1.54. The summed E-state index contributed by atoms with van der Waals surface area (Å²) in [5.41, 5.74) is 1.52. The van der Waals surface area contributed by atoms with Crippen molar-refractivity contribution in [3.05, 3.63) is 67.3 Å². The van der Waals surface area contributed by atoms with Gasteiger partial charge in [0.25, 0.3) is 5.91 Å². The highest BCUT2D eigenvalue weighted by molar-refractivity contribution is 8.01. The van der Waals surface area contributed by atoms with Crippen LogP contribution in [0.1, 0.15) is 0 Å². The van der Waals surface area contributed by atoms with E-state index < -0.39 is 0 Å². The molecule has 0 bridgehead atoms. The molecule has 7 nitrogen and oxygen atoms in total. The van der Waals surface area contributed by atoms with Gasteiger partial charge in [0.15, 0.2) is 22.4 Å². The Bertz CT molecular complexity index is 1070. The van der Waals surface area contributed by atoms with Crippen LogP contribution in [-0.4, -0.2) is 42.8 Å². The van der Waals surface area contributed by atoms with Crippen LogP contribution in [0.15, 0.2) is 71.6 Å². The third kappa shape index (κ3) is 6.60. The Morgan fingerprint density at radius 1 is 1.09 bits per heavy atom. The molecule has 3 rings (SSSR count). The highest BCUT2D eigenvalue weighted by Crippen LogP contribution is 2.37. The van der Waals surface area contributed by atoms with Gasteiger partial charge in [-0.25, -0.2) is 4.98 Å². The predicted molar refractivity (Wildman–Crippen MR) is 129 cm³/mol. The fourth-order valence-corrected chi connectivity index (χ4v) is 4.56. The van der Waals surface area contributed by atoms with E-state index in [-0.39, 0.29) is 24.2 Å². The maximum absolute atomic E-state index is 12.6. The molecule has 2 aromatic carbocycles. The smallest absolute Gasteiger partial charge is 0.262 e. The van der Waals surface area contributed by atoms with E-state index in [9.17, 15) is 9.59 Å². The summed E-state index contributed by atoms with van der Waals surface area (Å²) in [5, 5.41) is 6.21. The zero-order valence-corrected chi connectivity index (χ0v) is 19.1. The topological polar surface area (TPSA) is 89.6 Å². The fourth-order valence-electron chi connectivity index (χ4n) is 2.65. The average Bonchev–Trinajstić information content (AvgIpc) is 3.23. The van der Waals surface area contributed by atoms with Gasteiger partial charge in [0.1, 0.15) is 10.7 Å². The van der Waals surface area contributed by atoms with Crippen LogP contribution in [0.25, 0.3) is 11.3 Å². The van der Waals surface area contributed by atoms with Gasteiger partial charge in [0.05, 0.1) is 12.9 Å². The van der Waals surface area contributed by atoms with E-state index in [1.165, 1.54) is 23.1 Å². The normalized spacial score (nSPS) is 10.3. The minimum atomic E-state index is -0.322. The second-order valence-electron chi connectivity index (χ2n) is 6.39. The third-order valence-corrected chi connectivity index (χ3v) is 6.22. The number of carbonyl (C=O) groups excluding carboxylic acids is 2. The van der Waals surface area contributed by atoms with Crippen LogP contribution in [0, 0.1) is 0 Å². The Balaban J connectivity index is 1.70. The first kappa shape index (κ1) is 23.4. The van der Waals surface area contributed by atoms with Crippen LogP contribution in [0.5, 0.6) is 11.5 Å². The van der Waals surface area contributed by atoms with Crippen molar-refractivity contribution in [1.29, 1.82) is 0 Å². The van der Waals surface area contributed by atoms with Gasteiger partial charge < -0.3 is 20.1 Å². The van der Waals surface area contributed by atoms with Crippen LogP contribution < -0.4 is 20.1 Å². The van der Waals surface area contributed by atoms with E-state index in [2.05, 4.69) is 22.2 Å². The van der Waals surface area contributed by atoms with Crippen LogP contribution in [0.4, 0.5) is 5.00 Å². The van der Waals surface area contributed by atoms with Crippen molar-refractivity contribution >= 4 is 39.9 Å². The SMILES string of the molecule is C=CCNC(=O)CSc1nc(-c2ccccc2)c(NC(=O)COc2ccccc2OC)s1. The van der Waals surface area contributed by atoms with Crippen molar-refractivity contribution in [2.24, 2.45) is 0 Å². The van der Waals surface area contributed by atoms with Crippen molar-refractivity contribution < 1.29 is 19.1 Å². The number of carbonyl (C=O) groups is 2. The molecule has 0 saturated heterocycles. The zero-order valence-electron chi connectivity index (χ0n) is 17.5. The lowest BCUT2D eigenvalue weighted by Crippen LogP contribution is -2.24. The molecule has 0 unspecified atom stereocenters. The van der Waals surface area contributed by atoms with Gasteiger partial charge in [0, 0.05) is 12.1 Å². The molecule has 9 heteroatoms. The van der Waals surface area contributed by atoms with E-state index in [0.29, 0.717) is 33.1 Å². The molecule has 1 aromatic heterocycles. The number of thioether (sulfide) groups is 1. The van der Waals surface area contributed by atoms with Crippen molar-refractivity contribution in [3.63, 3.8) is 0 Å². The number of nitrogens with one attached hydrogen (secondary N) is 2. The standard InChI is InChI=1S/C23H23N3O4S2/c1-3-13-24-20(28)15-31-23-26-21(16-9-5-4-6-10-16)22(32-23)25-19(27)14-30-18-12-8-7-11-17(18)29-2/h3-12H,1,13-15H2,2H3,(H,24,28)(H,25,27). The molecule has 0 spiro atoms. The van der Waals surface area contributed by atoms with Gasteiger partial charge in [0.2, 0.25) is 5.91 Å². The highest BCUT2D eigenvalue weighted by Gasteiger charge is 2.17. The Labute approximate surface area is 194 Å². The summed E-state index contributed by atoms with van der Waals surface area (Å²) in [6.07, 6.45) is 1.63. The first-order chi connectivity index (χ1) is 15.6. The van der Waals surface area contributed by atoms with Crippen LogP contribution in [0.2, 0.25) is 0 Å². The quantitative estimate of drug-likeness (QED) is 0.323. The first-order valence-electron chi connectivity index (χ1n) is 9.73. The zero-order chi connectivity index (χ0) is 22.8. The lowest BCUT2D eigenvalue weighted by atomic mass is 10.2. The molecule has 0 atom stereocenters. The molecular weight excluding hydrogens is 446 g/mol. The van der Waals surface area contributed by atoms with E-state index in [1.54, 1.807) is 31.4 Å². The molecule has 1 heterocycles. The van der Waals surface area contributed by atoms with Crippen molar-refractivity contribution in [2.45, 2.75) is 4.34 Å². The second kappa shape index (κ2) is 11.9.